The van der Waals surface area contributed by atoms with Gasteiger partial charge in [-0.3, -0.25) is 4.79 Å². The summed E-state index contributed by atoms with van der Waals surface area (Å²) in [6, 6.07) is 7.91. The number of carboxylic acids is 1. The maximum atomic E-state index is 10.9. The monoisotopic (exact) mass is 248 g/mol. The molecule has 0 aliphatic heterocycles. The zero-order valence-electron chi connectivity index (χ0n) is 10.7. The van der Waals surface area contributed by atoms with Gasteiger partial charge in [-0.15, -0.1) is 0 Å². The lowest BCUT2D eigenvalue weighted by Gasteiger charge is -2.25. The average molecular weight is 248 g/mol. The molecule has 0 spiro atoms. The fraction of sp³-hybridized carbons (Fsp3) is 0.533. The van der Waals surface area contributed by atoms with E-state index in [4.69, 9.17) is 5.11 Å². The Labute approximate surface area is 107 Å². The van der Waals surface area contributed by atoms with Crippen LogP contribution in [0.2, 0.25) is 0 Å². The van der Waals surface area contributed by atoms with E-state index < -0.39 is 11.9 Å². The zero-order valence-corrected chi connectivity index (χ0v) is 10.7. The van der Waals surface area contributed by atoms with Crippen LogP contribution in [-0.4, -0.2) is 22.3 Å². The van der Waals surface area contributed by atoms with Crippen LogP contribution in [0.4, 0.5) is 0 Å². The Hall–Kier alpha value is -1.35. The Morgan fingerprint density at radius 3 is 2.22 bits per heavy atom. The van der Waals surface area contributed by atoms with E-state index in [1.165, 1.54) is 5.56 Å². The van der Waals surface area contributed by atoms with Crippen LogP contribution in [0.25, 0.3) is 0 Å². The molecule has 1 aromatic carbocycles. The van der Waals surface area contributed by atoms with E-state index >= 15 is 0 Å². The molecule has 98 valence electrons. The lowest BCUT2D eigenvalue weighted by Crippen LogP contribution is -2.17. The summed E-state index contributed by atoms with van der Waals surface area (Å²) < 4.78 is 0. The van der Waals surface area contributed by atoms with Crippen LogP contribution in [0.5, 0.6) is 0 Å². The van der Waals surface area contributed by atoms with Gasteiger partial charge in [0.25, 0.3) is 0 Å². The predicted octanol–water partition coefficient (Wildman–Crippen LogP) is 2.89. The van der Waals surface area contributed by atoms with Gasteiger partial charge in [-0.25, -0.2) is 0 Å². The number of aliphatic carboxylic acids is 1. The highest BCUT2D eigenvalue weighted by Gasteiger charge is 2.21. The molecule has 0 radical (unpaired) electrons. The molecule has 0 bridgehead atoms. The molecule has 1 atom stereocenters. The molecular formula is C15H20O3. The molecule has 1 aromatic rings. The molecular weight excluding hydrogens is 228 g/mol. The summed E-state index contributed by atoms with van der Waals surface area (Å²) in [7, 11) is 0. The third-order valence-electron chi connectivity index (χ3n) is 3.98. The number of aliphatic hydroxyl groups is 1. The van der Waals surface area contributed by atoms with Gasteiger partial charge < -0.3 is 10.2 Å². The van der Waals surface area contributed by atoms with Crippen molar-refractivity contribution in [3.05, 3.63) is 35.4 Å². The molecule has 1 aliphatic rings. The van der Waals surface area contributed by atoms with Crippen molar-refractivity contribution >= 4 is 5.97 Å². The van der Waals surface area contributed by atoms with E-state index in [1.807, 2.05) is 24.3 Å². The topological polar surface area (TPSA) is 57.5 Å². The van der Waals surface area contributed by atoms with Crippen LogP contribution in [-0.2, 0) is 4.79 Å². The molecule has 3 heteroatoms. The minimum absolute atomic E-state index is 0.132. The Morgan fingerprint density at radius 1 is 1.17 bits per heavy atom. The number of hydrogen-bond acceptors (Lipinski definition) is 2. The van der Waals surface area contributed by atoms with Gasteiger partial charge in [0.1, 0.15) is 0 Å². The summed E-state index contributed by atoms with van der Waals surface area (Å²) in [6.45, 7) is 1.70. The lowest BCUT2D eigenvalue weighted by atomic mass is 9.82. The minimum atomic E-state index is -0.788. The number of hydrogen-bond donors (Lipinski definition) is 2. The fourth-order valence-electron chi connectivity index (χ4n) is 2.61. The first-order valence-electron chi connectivity index (χ1n) is 6.58. The van der Waals surface area contributed by atoms with E-state index in [-0.39, 0.29) is 6.10 Å². The highest BCUT2D eigenvalue weighted by Crippen LogP contribution is 2.33. The molecule has 2 rings (SSSR count). The third kappa shape index (κ3) is 2.91. The maximum Gasteiger partial charge on any atom is 0.310 e. The molecule has 2 N–H and O–H groups in total. The average Bonchev–Trinajstić information content (AvgIpc) is 2.39. The quantitative estimate of drug-likeness (QED) is 0.864. The first-order valence-corrected chi connectivity index (χ1v) is 6.58. The molecule has 1 aliphatic carbocycles. The summed E-state index contributed by atoms with van der Waals surface area (Å²) in [5.74, 6) is -0.724. The zero-order chi connectivity index (χ0) is 13.1. The van der Waals surface area contributed by atoms with Crippen molar-refractivity contribution in [2.75, 3.05) is 0 Å². The normalized spacial score (nSPS) is 25.7. The molecule has 0 aromatic heterocycles. The largest absolute Gasteiger partial charge is 0.481 e. The molecule has 3 nitrogen and oxygen atoms in total. The van der Waals surface area contributed by atoms with Gasteiger partial charge in [0, 0.05) is 0 Å². The second-order valence-corrected chi connectivity index (χ2v) is 5.23. The van der Waals surface area contributed by atoms with E-state index in [0.717, 1.165) is 31.2 Å². The van der Waals surface area contributed by atoms with Gasteiger partial charge in [0.2, 0.25) is 0 Å². The molecule has 0 saturated heterocycles. The van der Waals surface area contributed by atoms with Crippen LogP contribution in [0, 0.1) is 0 Å². The third-order valence-corrected chi connectivity index (χ3v) is 3.98. The SMILES string of the molecule is CC(C(=O)O)c1ccc(C2CCC(O)CC2)cc1. The van der Waals surface area contributed by atoms with E-state index in [1.54, 1.807) is 6.92 Å². The fourth-order valence-corrected chi connectivity index (χ4v) is 2.61. The number of rotatable bonds is 3. The van der Waals surface area contributed by atoms with Crippen LogP contribution in [0.1, 0.15) is 55.6 Å². The Morgan fingerprint density at radius 2 is 1.72 bits per heavy atom. The molecule has 1 fully saturated rings. The van der Waals surface area contributed by atoms with Crippen molar-refractivity contribution in [3.8, 4) is 0 Å². The van der Waals surface area contributed by atoms with Crippen LogP contribution >= 0.6 is 0 Å². The maximum absolute atomic E-state index is 10.9. The van der Waals surface area contributed by atoms with Crippen LogP contribution in [0.3, 0.4) is 0 Å². The summed E-state index contributed by atoms with van der Waals surface area (Å²) in [6.07, 6.45) is 3.66. The van der Waals surface area contributed by atoms with Gasteiger partial charge in [-0.1, -0.05) is 24.3 Å². The summed E-state index contributed by atoms with van der Waals surface area (Å²) in [4.78, 5) is 10.9. The van der Waals surface area contributed by atoms with E-state index in [9.17, 15) is 9.90 Å². The summed E-state index contributed by atoms with van der Waals surface area (Å²) in [5, 5.41) is 18.4. The van der Waals surface area contributed by atoms with Gasteiger partial charge in [-0.2, -0.15) is 0 Å². The molecule has 1 unspecified atom stereocenters. The van der Waals surface area contributed by atoms with Crippen molar-refractivity contribution in [1.82, 2.24) is 0 Å². The van der Waals surface area contributed by atoms with E-state index in [0.29, 0.717) is 5.92 Å². The van der Waals surface area contributed by atoms with Crippen molar-refractivity contribution in [3.63, 3.8) is 0 Å². The first-order chi connectivity index (χ1) is 8.58. The molecule has 18 heavy (non-hydrogen) atoms. The highest BCUT2D eigenvalue weighted by molar-refractivity contribution is 5.75. The van der Waals surface area contributed by atoms with E-state index in [2.05, 4.69) is 0 Å². The number of carboxylic acid groups (broad SMARTS) is 1. The summed E-state index contributed by atoms with van der Waals surface area (Å²) >= 11 is 0. The van der Waals surface area contributed by atoms with Gasteiger partial charge in [0.05, 0.1) is 12.0 Å². The number of carbonyl (C=O) groups is 1. The Kier molecular flexibility index (Phi) is 4.02. The minimum Gasteiger partial charge on any atom is -0.481 e. The molecule has 0 amide bonds. The Bertz CT molecular complexity index is 402. The van der Waals surface area contributed by atoms with Gasteiger partial charge in [0.15, 0.2) is 0 Å². The van der Waals surface area contributed by atoms with Crippen molar-refractivity contribution in [2.24, 2.45) is 0 Å². The second kappa shape index (κ2) is 5.53. The standard InChI is InChI=1S/C15H20O3/c1-10(15(17)18)11-2-4-12(5-3-11)13-6-8-14(16)9-7-13/h2-5,10,13-14,16H,6-9H2,1H3,(H,17,18). The smallest absolute Gasteiger partial charge is 0.310 e. The predicted molar refractivity (Wildman–Crippen MR) is 69.7 cm³/mol. The van der Waals surface area contributed by atoms with Gasteiger partial charge >= 0.3 is 5.97 Å². The Balaban J connectivity index is 2.06. The molecule has 1 saturated carbocycles. The number of benzene rings is 1. The first kappa shape index (κ1) is 13.1. The summed E-state index contributed by atoms with van der Waals surface area (Å²) in [5.41, 5.74) is 2.12. The van der Waals surface area contributed by atoms with Crippen LogP contribution < -0.4 is 0 Å². The van der Waals surface area contributed by atoms with Crippen LogP contribution in [0.15, 0.2) is 24.3 Å². The number of aliphatic hydroxyl groups excluding tert-OH is 1. The van der Waals surface area contributed by atoms with Crippen molar-refractivity contribution in [1.29, 1.82) is 0 Å². The second-order valence-electron chi connectivity index (χ2n) is 5.23. The van der Waals surface area contributed by atoms with Gasteiger partial charge in [-0.05, 0) is 49.7 Å². The molecule has 0 heterocycles. The van der Waals surface area contributed by atoms with Crippen molar-refractivity contribution in [2.45, 2.75) is 50.5 Å². The highest BCUT2D eigenvalue weighted by atomic mass is 16.4. The lowest BCUT2D eigenvalue weighted by molar-refractivity contribution is -0.138. The van der Waals surface area contributed by atoms with Crippen molar-refractivity contribution < 1.29 is 15.0 Å².